The van der Waals surface area contributed by atoms with Crippen molar-refractivity contribution < 1.29 is 69.5 Å². The summed E-state index contributed by atoms with van der Waals surface area (Å²) in [7, 11) is 0. The Hall–Kier alpha value is -15.0. The zero-order valence-electron chi connectivity index (χ0n) is 70.7. The summed E-state index contributed by atoms with van der Waals surface area (Å²) in [6.45, 7) is -0.228. The molecule has 664 valence electrons. The van der Waals surface area contributed by atoms with Crippen LogP contribution in [-0.4, -0.2) is 109 Å². The van der Waals surface area contributed by atoms with Crippen molar-refractivity contribution in [3.8, 4) is 50.8 Å². The second kappa shape index (κ2) is 46.8. The molecule has 16 aromatic rings. The summed E-state index contributed by atoms with van der Waals surface area (Å²) in [6, 6.07) is 91.6. The van der Waals surface area contributed by atoms with Crippen molar-refractivity contribution in [2.45, 2.75) is 76.5 Å². The number of hydrogen-bond acceptors (Lipinski definition) is 21. The van der Waals surface area contributed by atoms with Crippen molar-refractivity contribution >= 4 is 74.4 Å². The molecule has 4 amide bonds. The molecule has 16 rings (SSSR count). The number of nitrogens with one attached hydrogen (secondary N) is 4. The van der Waals surface area contributed by atoms with Gasteiger partial charge in [0.25, 0.3) is 0 Å². The maximum Gasteiger partial charge on any atom is 0.229 e. The molecule has 13 N–H and O–H groups in total. The van der Waals surface area contributed by atoms with E-state index < -0.39 is 24.4 Å². The van der Waals surface area contributed by atoms with Crippen molar-refractivity contribution in [3.05, 3.63) is 445 Å². The standard InChI is InChI=1S/C26H22BrN3O3.C26H22ClN3O3.C26H22FN3O3.C26H23N3O4/c3*27-21-12-8-17(9-13-21)14-23(32)30-26-24(25(33)20-4-2-1-3-5-20)29-22(15-28-26)19-10-6-18(16-31)7-11-19;30-16-18-6-10-19(11-7-18)22-15-27-26(24(28-22)25(33)20-4-2-1-3-5-20)29-23(32)14-17-8-12-21(31)13-9-17/h3*1-13,15,25,31,33H,14,16H2,(H,28,30,32);1-13,15,25,30-31,33H,14,16H2,(H,27,29,32). The number of aromatic nitrogens is 8. The van der Waals surface area contributed by atoms with E-state index in [1.165, 1.54) is 36.7 Å². The average molecular weight is 1850 g/mol. The Morgan fingerprint density at radius 1 is 0.295 bits per heavy atom. The highest BCUT2D eigenvalue weighted by Crippen LogP contribution is 2.35. The highest BCUT2D eigenvalue weighted by molar-refractivity contribution is 9.10. The molecule has 25 nitrogen and oxygen atoms in total. The molecule has 132 heavy (non-hydrogen) atoms. The molecule has 28 heteroatoms. The molecule has 0 radical (unpaired) electrons. The van der Waals surface area contributed by atoms with E-state index in [4.69, 9.17) is 11.6 Å². The van der Waals surface area contributed by atoms with E-state index in [2.05, 4.69) is 77.1 Å². The van der Waals surface area contributed by atoms with Gasteiger partial charge < -0.3 is 67.2 Å². The lowest BCUT2D eigenvalue weighted by Crippen LogP contribution is -2.19. The molecule has 4 aromatic heterocycles. The molecule has 0 saturated carbocycles. The van der Waals surface area contributed by atoms with Gasteiger partial charge in [-0.1, -0.05) is 294 Å². The van der Waals surface area contributed by atoms with Crippen LogP contribution in [-0.2, 0) is 71.3 Å². The molecular weight excluding hydrogens is 1760 g/mol. The molecule has 0 spiro atoms. The number of nitrogens with zero attached hydrogens (tertiary/aromatic N) is 8. The number of aliphatic hydroxyl groups excluding tert-OH is 8. The molecule has 0 fully saturated rings. The topological polar surface area (TPSA) is 402 Å². The smallest absolute Gasteiger partial charge is 0.229 e. The first-order chi connectivity index (χ1) is 64.1. The zero-order valence-corrected chi connectivity index (χ0v) is 73.0. The largest absolute Gasteiger partial charge is 0.508 e. The third kappa shape index (κ3) is 26.6. The summed E-state index contributed by atoms with van der Waals surface area (Å²) in [5.74, 6) is -0.748. The fourth-order valence-corrected chi connectivity index (χ4v) is 13.9. The van der Waals surface area contributed by atoms with Gasteiger partial charge in [-0.25, -0.2) is 44.3 Å². The van der Waals surface area contributed by atoms with E-state index in [-0.39, 0.29) is 133 Å². The van der Waals surface area contributed by atoms with Crippen LogP contribution in [0.25, 0.3) is 45.0 Å². The van der Waals surface area contributed by atoms with Gasteiger partial charge in [0.05, 0.1) is 99.7 Å². The van der Waals surface area contributed by atoms with Crippen LogP contribution in [0.15, 0.2) is 345 Å². The Bertz CT molecular complexity index is 5720. The molecule has 0 aliphatic rings. The fourth-order valence-electron chi connectivity index (χ4n) is 13.5. The summed E-state index contributed by atoms with van der Waals surface area (Å²) < 4.78 is 14.1. The number of phenols is 1. The van der Waals surface area contributed by atoms with E-state index in [1.807, 2.05) is 121 Å². The van der Waals surface area contributed by atoms with Gasteiger partial charge in [-0.15, -0.1) is 0 Å². The van der Waals surface area contributed by atoms with Crippen molar-refractivity contribution in [1.29, 1.82) is 0 Å². The Morgan fingerprint density at radius 3 is 0.742 bits per heavy atom. The van der Waals surface area contributed by atoms with Crippen LogP contribution in [0, 0.1) is 5.82 Å². The van der Waals surface area contributed by atoms with Crippen LogP contribution < -0.4 is 21.3 Å². The van der Waals surface area contributed by atoms with E-state index in [0.29, 0.717) is 55.6 Å². The van der Waals surface area contributed by atoms with E-state index in [0.717, 1.165) is 65.7 Å². The minimum absolute atomic E-state index is 0.0210. The number of carbonyl (C=O) groups excluding carboxylic acids is 4. The molecule has 0 bridgehead atoms. The molecule has 0 aliphatic carbocycles. The number of amides is 4. The summed E-state index contributed by atoms with van der Waals surface area (Å²) in [4.78, 5) is 86.8. The number of aliphatic hydroxyl groups is 8. The number of phenolic OH excluding ortho intramolecular Hbond substituents is 1. The number of benzene rings is 12. The summed E-state index contributed by atoms with van der Waals surface area (Å²) in [5.41, 5.74) is 14.8. The Kier molecular flexibility index (Phi) is 33.6. The van der Waals surface area contributed by atoms with Crippen molar-refractivity contribution in [2.24, 2.45) is 0 Å². The molecule has 4 atom stereocenters. The third-order valence-electron chi connectivity index (χ3n) is 20.6. The Balaban J connectivity index is 0.000000150. The van der Waals surface area contributed by atoms with Gasteiger partial charge >= 0.3 is 0 Å². The van der Waals surface area contributed by atoms with Gasteiger partial charge in [0.1, 0.15) is 58.8 Å². The minimum Gasteiger partial charge on any atom is -0.508 e. The van der Waals surface area contributed by atoms with Crippen molar-refractivity contribution in [3.63, 3.8) is 0 Å². The summed E-state index contributed by atoms with van der Waals surface area (Å²) in [6.07, 6.45) is 2.19. The summed E-state index contributed by atoms with van der Waals surface area (Å²) in [5, 5.41) is 102. The predicted octanol–water partition coefficient (Wildman–Crippen LogP) is 16.9. The number of hydrogen-bond donors (Lipinski definition) is 13. The lowest BCUT2D eigenvalue weighted by Gasteiger charge is -2.16. The van der Waals surface area contributed by atoms with Crippen molar-refractivity contribution in [1.82, 2.24) is 39.9 Å². The second-order valence-electron chi connectivity index (χ2n) is 30.1. The summed E-state index contributed by atoms with van der Waals surface area (Å²) >= 11 is 9.30. The van der Waals surface area contributed by atoms with Gasteiger partial charge in [-0.3, -0.25) is 19.2 Å². The number of rotatable bonds is 28. The lowest BCUT2D eigenvalue weighted by atomic mass is 10.0. The van der Waals surface area contributed by atoms with Crippen LogP contribution in [0.4, 0.5) is 27.7 Å². The number of halogens is 3. The van der Waals surface area contributed by atoms with Crippen LogP contribution in [0.2, 0.25) is 5.02 Å². The van der Waals surface area contributed by atoms with Gasteiger partial charge in [-0.2, -0.15) is 0 Å². The predicted molar refractivity (Wildman–Crippen MR) is 505 cm³/mol. The normalized spacial score (nSPS) is 11.7. The first kappa shape index (κ1) is 94.6. The van der Waals surface area contributed by atoms with Gasteiger partial charge in [-0.05, 0) is 115 Å². The van der Waals surface area contributed by atoms with Crippen LogP contribution in [0.5, 0.6) is 5.75 Å². The fraction of sp³-hybridized carbons (Fsp3) is 0.115. The van der Waals surface area contributed by atoms with Crippen LogP contribution >= 0.6 is 27.5 Å². The third-order valence-corrected chi connectivity index (χ3v) is 21.4. The monoisotopic (exact) mass is 1850 g/mol. The molecule has 4 unspecified atom stereocenters. The molecule has 0 saturated heterocycles. The number of anilines is 4. The van der Waals surface area contributed by atoms with Gasteiger partial charge in [0, 0.05) is 31.7 Å². The van der Waals surface area contributed by atoms with Gasteiger partial charge in [0.2, 0.25) is 23.6 Å². The SMILES string of the molecule is O=C(Cc1ccc(Br)cc1)Nc1ncc(-c2ccc(CO)cc2)nc1C(O)c1ccccc1.O=C(Cc1ccc(Cl)cc1)Nc1ncc(-c2ccc(CO)cc2)nc1C(O)c1ccccc1.O=C(Cc1ccc(F)cc1)Nc1ncc(-c2ccc(CO)cc2)nc1C(O)c1ccccc1.O=C(Cc1ccc(O)cc1)Nc1ncc(-c2ccc(CO)cc2)nc1C(O)c1ccccc1. The van der Waals surface area contributed by atoms with Crippen LogP contribution in [0.3, 0.4) is 0 Å². The van der Waals surface area contributed by atoms with E-state index >= 15 is 0 Å². The highest BCUT2D eigenvalue weighted by atomic mass is 79.9. The van der Waals surface area contributed by atoms with Gasteiger partial charge in [0.15, 0.2) is 23.3 Å². The second-order valence-corrected chi connectivity index (χ2v) is 31.4. The van der Waals surface area contributed by atoms with E-state index in [1.54, 1.807) is 182 Å². The highest BCUT2D eigenvalue weighted by Gasteiger charge is 2.27. The zero-order chi connectivity index (χ0) is 92.8. The lowest BCUT2D eigenvalue weighted by molar-refractivity contribution is -0.116. The van der Waals surface area contributed by atoms with E-state index in [9.17, 15) is 69.5 Å². The Morgan fingerprint density at radius 2 is 0.508 bits per heavy atom. The Labute approximate surface area is 772 Å². The van der Waals surface area contributed by atoms with Crippen LogP contribution in [0.1, 0.15) is 114 Å². The maximum atomic E-state index is 13.1. The first-order valence-corrected chi connectivity index (χ1v) is 42.7. The first-order valence-electron chi connectivity index (χ1n) is 41.5. The maximum absolute atomic E-state index is 13.1. The molecule has 0 aliphatic heterocycles. The minimum atomic E-state index is -1.11. The number of aromatic hydroxyl groups is 1. The molecule has 12 aromatic carbocycles. The molecule has 4 heterocycles. The average Bonchev–Trinajstić information content (AvgIpc) is 0.814. The molecular formula is C104H89BrClFN12O13. The quantitative estimate of drug-likeness (QED) is 0.0217. The number of carbonyl (C=O) groups is 4. The van der Waals surface area contributed by atoms with Crippen molar-refractivity contribution in [2.75, 3.05) is 21.3 Å².